The van der Waals surface area contributed by atoms with E-state index < -0.39 is 0 Å². The minimum atomic E-state index is 0. The number of fused-ring (bicyclic) bond motifs is 1. The third kappa shape index (κ3) is 5.06. The summed E-state index contributed by atoms with van der Waals surface area (Å²) in [5.74, 6) is 0.959. The number of H-pyrrole nitrogens is 1. The first-order valence-corrected chi connectivity index (χ1v) is 10.6. The first-order valence-electron chi connectivity index (χ1n) is 10.6. The van der Waals surface area contributed by atoms with Gasteiger partial charge in [0, 0.05) is 50.4 Å². The average molecular weight is 512 g/mol. The van der Waals surface area contributed by atoms with Crippen molar-refractivity contribution in [1.82, 2.24) is 15.2 Å². The van der Waals surface area contributed by atoms with Gasteiger partial charge in [-0.3, -0.25) is 4.99 Å². The monoisotopic (exact) mass is 512 g/mol. The summed E-state index contributed by atoms with van der Waals surface area (Å²) in [6, 6.07) is 6.57. The van der Waals surface area contributed by atoms with Gasteiger partial charge in [0.25, 0.3) is 0 Å². The summed E-state index contributed by atoms with van der Waals surface area (Å²) in [5, 5.41) is 4.88. The number of nitrogens with zero attached hydrogens (tertiary/aromatic N) is 2. The second-order valence-corrected chi connectivity index (χ2v) is 7.64. The van der Waals surface area contributed by atoms with E-state index >= 15 is 0 Å². The molecule has 160 valence electrons. The van der Waals surface area contributed by atoms with Crippen molar-refractivity contribution in [2.24, 2.45) is 4.99 Å². The second kappa shape index (κ2) is 10.6. The fourth-order valence-corrected chi connectivity index (χ4v) is 4.41. The van der Waals surface area contributed by atoms with Gasteiger partial charge in [-0.25, -0.2) is 0 Å². The molecule has 0 aliphatic carbocycles. The molecule has 1 aromatic carbocycles. The fraction of sp³-hybridized carbons (Fsp3) is 0.591. The maximum atomic E-state index is 5.97. The summed E-state index contributed by atoms with van der Waals surface area (Å²) < 4.78 is 11.8. The maximum absolute atomic E-state index is 5.97. The number of aliphatic imine (C=N–C) groups is 1. The number of para-hydroxylation sites is 1. The number of guanidine groups is 1. The Morgan fingerprint density at radius 3 is 2.86 bits per heavy atom. The van der Waals surface area contributed by atoms with Crippen molar-refractivity contribution in [1.29, 1.82) is 0 Å². The van der Waals surface area contributed by atoms with E-state index in [1.54, 1.807) is 0 Å². The number of rotatable bonds is 5. The summed E-state index contributed by atoms with van der Waals surface area (Å²) in [4.78, 5) is 10.3. The predicted octanol–water partition coefficient (Wildman–Crippen LogP) is 3.35. The van der Waals surface area contributed by atoms with Gasteiger partial charge in [0.2, 0.25) is 0 Å². The summed E-state index contributed by atoms with van der Waals surface area (Å²) in [6.45, 7) is 6.37. The van der Waals surface area contributed by atoms with Gasteiger partial charge in [-0.2, -0.15) is 0 Å². The van der Waals surface area contributed by atoms with Crippen molar-refractivity contribution in [3.63, 3.8) is 0 Å². The fourth-order valence-electron chi connectivity index (χ4n) is 4.41. The van der Waals surface area contributed by atoms with Crippen LogP contribution in [0, 0.1) is 0 Å². The molecule has 6 nitrogen and oxygen atoms in total. The van der Waals surface area contributed by atoms with Crippen LogP contribution in [0.3, 0.4) is 0 Å². The molecule has 1 aromatic heterocycles. The Balaban J connectivity index is 0.00000240. The third-order valence-corrected chi connectivity index (χ3v) is 5.93. The van der Waals surface area contributed by atoms with Crippen molar-refractivity contribution >= 4 is 40.8 Å². The summed E-state index contributed by atoms with van der Waals surface area (Å²) in [6.07, 6.45) is 6.79. The molecule has 2 saturated heterocycles. The van der Waals surface area contributed by atoms with Gasteiger partial charge < -0.3 is 24.7 Å². The van der Waals surface area contributed by atoms with E-state index in [1.807, 2.05) is 7.05 Å². The smallest absolute Gasteiger partial charge is 0.193 e. The number of ether oxygens (including phenoxy) is 2. The Hall–Kier alpha value is -1.32. The van der Waals surface area contributed by atoms with Gasteiger partial charge in [-0.15, -0.1) is 24.0 Å². The van der Waals surface area contributed by atoms with Crippen LogP contribution in [-0.4, -0.2) is 67.9 Å². The number of benzene rings is 1. The largest absolute Gasteiger partial charge is 0.375 e. The van der Waals surface area contributed by atoms with Crippen molar-refractivity contribution in [3.05, 3.63) is 35.5 Å². The van der Waals surface area contributed by atoms with Crippen molar-refractivity contribution in [3.8, 4) is 0 Å². The van der Waals surface area contributed by atoms with E-state index in [4.69, 9.17) is 9.47 Å². The zero-order chi connectivity index (χ0) is 19.3. The molecule has 2 unspecified atom stereocenters. The van der Waals surface area contributed by atoms with E-state index in [0.29, 0.717) is 0 Å². The van der Waals surface area contributed by atoms with Crippen molar-refractivity contribution in [2.45, 2.75) is 44.8 Å². The quantitative estimate of drug-likeness (QED) is 0.367. The van der Waals surface area contributed by atoms with Crippen LogP contribution < -0.4 is 5.32 Å². The van der Waals surface area contributed by atoms with Crippen LogP contribution in [0.1, 0.15) is 30.9 Å². The van der Waals surface area contributed by atoms with Crippen LogP contribution in [0.4, 0.5) is 0 Å². The minimum absolute atomic E-state index is 0. The van der Waals surface area contributed by atoms with Crippen LogP contribution in [0.2, 0.25) is 0 Å². The molecule has 0 spiro atoms. The first kappa shape index (κ1) is 22.4. The Morgan fingerprint density at radius 2 is 2.10 bits per heavy atom. The molecule has 0 amide bonds. The molecule has 0 bridgehead atoms. The number of aromatic amines is 1. The number of morpholine rings is 1. The van der Waals surface area contributed by atoms with Crippen LogP contribution in [0.15, 0.2) is 29.4 Å². The number of hydrogen-bond acceptors (Lipinski definition) is 3. The van der Waals surface area contributed by atoms with Crippen LogP contribution >= 0.6 is 24.0 Å². The normalized spacial score (nSPS) is 22.7. The molecule has 0 radical (unpaired) electrons. The topological polar surface area (TPSA) is 61.9 Å². The molecule has 0 saturated carbocycles. The Bertz CT molecular complexity index is 816. The summed E-state index contributed by atoms with van der Waals surface area (Å²) in [5.41, 5.74) is 4.01. The van der Waals surface area contributed by atoms with Crippen LogP contribution in [0.5, 0.6) is 0 Å². The van der Waals surface area contributed by atoms with E-state index in [0.717, 1.165) is 64.5 Å². The number of hydrogen-bond donors (Lipinski definition) is 2. The van der Waals surface area contributed by atoms with Gasteiger partial charge in [0.1, 0.15) is 6.10 Å². The van der Waals surface area contributed by atoms with E-state index in [2.05, 4.69) is 51.5 Å². The van der Waals surface area contributed by atoms with Gasteiger partial charge in [-0.1, -0.05) is 25.1 Å². The Morgan fingerprint density at radius 1 is 1.24 bits per heavy atom. The number of aryl methyl sites for hydroxylation is 1. The SMILES string of the molecule is CCc1cccc2c(CCNC(=NC)N3CCOC(C4CCCO4)C3)c[nH]c12.I. The van der Waals surface area contributed by atoms with Gasteiger partial charge >= 0.3 is 0 Å². The standard InChI is InChI=1S/C22H32N4O2.HI/c1-3-16-6-4-7-18-17(14-25-21(16)18)9-10-24-22(23-2)26-11-13-28-20(15-26)19-8-5-12-27-19;/h4,6-7,14,19-20,25H,3,5,8-13,15H2,1-2H3,(H,23,24);1H. The van der Waals surface area contributed by atoms with E-state index in [1.165, 1.54) is 22.0 Å². The first-order chi connectivity index (χ1) is 13.8. The predicted molar refractivity (Wildman–Crippen MR) is 128 cm³/mol. The third-order valence-electron chi connectivity index (χ3n) is 5.93. The average Bonchev–Trinajstić information content (AvgIpc) is 3.41. The van der Waals surface area contributed by atoms with Gasteiger partial charge in [-0.05, 0) is 36.8 Å². The Labute approximate surface area is 190 Å². The molecule has 4 rings (SSSR count). The molecule has 2 atom stereocenters. The number of aromatic nitrogens is 1. The minimum Gasteiger partial charge on any atom is -0.375 e. The lowest BCUT2D eigenvalue weighted by molar-refractivity contribution is -0.0816. The van der Waals surface area contributed by atoms with Crippen molar-refractivity contribution < 1.29 is 9.47 Å². The van der Waals surface area contributed by atoms with Gasteiger partial charge in [0.05, 0.1) is 12.7 Å². The van der Waals surface area contributed by atoms with Crippen molar-refractivity contribution in [2.75, 3.05) is 39.9 Å². The zero-order valence-electron chi connectivity index (χ0n) is 17.4. The Kier molecular flexibility index (Phi) is 8.20. The molecule has 29 heavy (non-hydrogen) atoms. The molecule has 3 heterocycles. The highest BCUT2D eigenvalue weighted by Gasteiger charge is 2.32. The molecule has 2 N–H and O–H groups in total. The lowest BCUT2D eigenvalue weighted by atomic mass is 10.1. The highest BCUT2D eigenvalue weighted by atomic mass is 127. The van der Waals surface area contributed by atoms with Crippen LogP contribution in [-0.2, 0) is 22.3 Å². The lowest BCUT2D eigenvalue weighted by Crippen LogP contribution is -2.53. The molecule has 7 heteroatoms. The number of halogens is 1. The zero-order valence-corrected chi connectivity index (χ0v) is 19.8. The maximum Gasteiger partial charge on any atom is 0.193 e. The van der Waals surface area contributed by atoms with E-state index in [9.17, 15) is 0 Å². The summed E-state index contributed by atoms with van der Waals surface area (Å²) in [7, 11) is 1.86. The molecular weight excluding hydrogens is 479 g/mol. The lowest BCUT2D eigenvalue weighted by Gasteiger charge is -2.37. The molecule has 2 aromatic rings. The molecule has 2 aliphatic rings. The molecule has 2 fully saturated rings. The second-order valence-electron chi connectivity index (χ2n) is 7.64. The van der Waals surface area contributed by atoms with E-state index in [-0.39, 0.29) is 36.2 Å². The molecule has 2 aliphatic heterocycles. The highest BCUT2D eigenvalue weighted by molar-refractivity contribution is 14.0. The van der Waals surface area contributed by atoms with Crippen LogP contribution in [0.25, 0.3) is 10.9 Å². The van der Waals surface area contributed by atoms with Gasteiger partial charge in [0.15, 0.2) is 5.96 Å². The summed E-state index contributed by atoms with van der Waals surface area (Å²) >= 11 is 0. The highest BCUT2D eigenvalue weighted by Crippen LogP contribution is 2.23. The molecular formula is C22H33IN4O2. The number of nitrogens with one attached hydrogen (secondary N) is 2.